The first-order chi connectivity index (χ1) is 10.3. The summed E-state index contributed by atoms with van der Waals surface area (Å²) in [6, 6.07) is 5.99. The predicted octanol–water partition coefficient (Wildman–Crippen LogP) is 3.72. The van der Waals surface area contributed by atoms with E-state index in [9.17, 15) is 4.79 Å². The summed E-state index contributed by atoms with van der Waals surface area (Å²) in [4.78, 5) is 11.5. The molecule has 0 heterocycles. The number of rotatable bonds is 7. The minimum absolute atomic E-state index is 0.371. The average molecular weight is 308 g/mol. The van der Waals surface area contributed by atoms with E-state index < -0.39 is 5.60 Å². The molecule has 0 aliphatic heterocycles. The van der Waals surface area contributed by atoms with Crippen molar-refractivity contribution in [1.82, 2.24) is 5.32 Å². The maximum absolute atomic E-state index is 11.5. The molecular weight excluding hydrogens is 280 g/mol. The Balaban J connectivity index is 2.26. The van der Waals surface area contributed by atoms with Crippen LogP contribution in [0.1, 0.15) is 39.7 Å². The molecule has 2 N–H and O–H groups in total. The molecule has 0 saturated carbocycles. The van der Waals surface area contributed by atoms with E-state index >= 15 is 0 Å². The van der Waals surface area contributed by atoms with Crippen LogP contribution >= 0.6 is 0 Å². The molecule has 1 rings (SSSR count). The maximum atomic E-state index is 11.5. The zero-order valence-electron chi connectivity index (χ0n) is 14.3. The van der Waals surface area contributed by atoms with Gasteiger partial charge in [-0.05, 0) is 64.8 Å². The third-order valence-electron chi connectivity index (χ3n) is 2.85. The van der Waals surface area contributed by atoms with Crippen LogP contribution in [0.2, 0.25) is 0 Å². The smallest absolute Gasteiger partial charge is 0.407 e. The molecule has 0 spiro atoms. The third kappa shape index (κ3) is 7.20. The number of hydrogen-bond donors (Lipinski definition) is 2. The number of ether oxygens (including phenoxy) is 2. The van der Waals surface area contributed by atoms with Crippen LogP contribution in [-0.4, -0.2) is 31.4 Å². The zero-order chi connectivity index (χ0) is 16.6. The molecule has 0 unspecified atom stereocenters. The summed E-state index contributed by atoms with van der Waals surface area (Å²) in [6.07, 6.45) is 0.455. The van der Waals surface area contributed by atoms with Crippen LogP contribution in [0.3, 0.4) is 0 Å². The molecular formula is C17H28N2O3. The second-order valence-corrected chi connectivity index (χ2v) is 6.12. The highest BCUT2D eigenvalue weighted by molar-refractivity contribution is 5.67. The molecule has 1 amide bonds. The third-order valence-corrected chi connectivity index (χ3v) is 2.85. The summed E-state index contributed by atoms with van der Waals surface area (Å²) in [6.45, 7) is 11.6. The van der Waals surface area contributed by atoms with Gasteiger partial charge in [-0.3, -0.25) is 0 Å². The Morgan fingerprint density at radius 2 is 1.95 bits per heavy atom. The van der Waals surface area contributed by atoms with Crippen molar-refractivity contribution in [3.8, 4) is 5.75 Å². The van der Waals surface area contributed by atoms with Crippen molar-refractivity contribution >= 4 is 11.8 Å². The number of hydrogen-bond acceptors (Lipinski definition) is 4. The number of carbonyl (C=O) groups excluding carboxylic acids is 1. The summed E-state index contributed by atoms with van der Waals surface area (Å²) in [5.41, 5.74) is 1.77. The second-order valence-electron chi connectivity index (χ2n) is 6.12. The summed E-state index contributed by atoms with van der Waals surface area (Å²) in [5, 5.41) is 6.10. The SMILES string of the molecule is CCOc1ccc(NCCCNC(=O)OC(C)(C)C)c(C)c1. The topological polar surface area (TPSA) is 59.6 Å². The van der Waals surface area contributed by atoms with Crippen LogP contribution in [0, 0.1) is 6.92 Å². The molecule has 0 aromatic heterocycles. The molecule has 0 fully saturated rings. The lowest BCUT2D eigenvalue weighted by atomic mass is 10.2. The lowest BCUT2D eigenvalue weighted by Crippen LogP contribution is -2.33. The number of amides is 1. The Morgan fingerprint density at radius 3 is 2.55 bits per heavy atom. The van der Waals surface area contributed by atoms with Gasteiger partial charge in [-0.1, -0.05) is 0 Å². The molecule has 0 aliphatic carbocycles. The van der Waals surface area contributed by atoms with Crippen molar-refractivity contribution in [3.05, 3.63) is 23.8 Å². The fourth-order valence-corrected chi connectivity index (χ4v) is 1.91. The second kappa shape index (κ2) is 8.51. The van der Waals surface area contributed by atoms with Crippen molar-refractivity contribution < 1.29 is 14.3 Å². The molecule has 1 aromatic rings. The average Bonchev–Trinajstić information content (AvgIpc) is 2.39. The van der Waals surface area contributed by atoms with Gasteiger partial charge in [0, 0.05) is 18.8 Å². The van der Waals surface area contributed by atoms with E-state index in [0.717, 1.165) is 30.0 Å². The van der Waals surface area contributed by atoms with Crippen LogP contribution < -0.4 is 15.4 Å². The Kier molecular flexibility index (Phi) is 7.02. The van der Waals surface area contributed by atoms with E-state index in [4.69, 9.17) is 9.47 Å². The summed E-state index contributed by atoms with van der Waals surface area (Å²) < 4.78 is 10.6. The van der Waals surface area contributed by atoms with Crippen molar-refractivity contribution in [2.75, 3.05) is 25.0 Å². The fraction of sp³-hybridized carbons (Fsp3) is 0.588. The van der Waals surface area contributed by atoms with Gasteiger partial charge in [-0.25, -0.2) is 4.79 Å². The summed E-state index contributed by atoms with van der Waals surface area (Å²) in [7, 11) is 0. The number of anilines is 1. The minimum Gasteiger partial charge on any atom is -0.494 e. The lowest BCUT2D eigenvalue weighted by Gasteiger charge is -2.19. The van der Waals surface area contributed by atoms with E-state index in [1.807, 2.05) is 52.8 Å². The Bertz CT molecular complexity index is 481. The van der Waals surface area contributed by atoms with Crippen LogP contribution in [0.15, 0.2) is 18.2 Å². The van der Waals surface area contributed by atoms with Crippen molar-refractivity contribution in [2.24, 2.45) is 0 Å². The molecule has 0 radical (unpaired) electrons. The molecule has 0 aliphatic rings. The first-order valence-corrected chi connectivity index (χ1v) is 7.76. The van der Waals surface area contributed by atoms with Crippen molar-refractivity contribution in [2.45, 2.75) is 46.6 Å². The van der Waals surface area contributed by atoms with E-state index in [2.05, 4.69) is 10.6 Å². The number of alkyl carbamates (subject to hydrolysis) is 1. The van der Waals surface area contributed by atoms with E-state index in [1.54, 1.807) is 0 Å². The molecule has 124 valence electrons. The minimum atomic E-state index is -0.457. The van der Waals surface area contributed by atoms with Gasteiger partial charge < -0.3 is 20.1 Å². The van der Waals surface area contributed by atoms with E-state index in [0.29, 0.717) is 13.2 Å². The zero-order valence-corrected chi connectivity index (χ0v) is 14.3. The van der Waals surface area contributed by atoms with Crippen LogP contribution in [0.5, 0.6) is 5.75 Å². The number of aryl methyl sites for hydroxylation is 1. The Morgan fingerprint density at radius 1 is 1.23 bits per heavy atom. The van der Waals surface area contributed by atoms with Gasteiger partial charge in [0.15, 0.2) is 0 Å². The van der Waals surface area contributed by atoms with Gasteiger partial charge in [0.2, 0.25) is 0 Å². The monoisotopic (exact) mass is 308 g/mol. The first-order valence-electron chi connectivity index (χ1n) is 7.76. The largest absolute Gasteiger partial charge is 0.494 e. The standard InChI is InChI=1S/C17H28N2O3/c1-6-21-14-8-9-15(13(2)12-14)18-10-7-11-19-16(20)22-17(3,4)5/h8-9,12,18H,6-7,10-11H2,1-5H3,(H,19,20). The molecule has 0 saturated heterocycles. The van der Waals surface area contributed by atoms with Crippen molar-refractivity contribution in [3.63, 3.8) is 0 Å². The molecule has 5 heteroatoms. The molecule has 1 aromatic carbocycles. The summed E-state index contributed by atoms with van der Waals surface area (Å²) in [5.74, 6) is 0.886. The van der Waals surface area contributed by atoms with Crippen LogP contribution in [0.4, 0.5) is 10.5 Å². The van der Waals surface area contributed by atoms with Crippen LogP contribution in [0.25, 0.3) is 0 Å². The maximum Gasteiger partial charge on any atom is 0.407 e. The highest BCUT2D eigenvalue weighted by Gasteiger charge is 2.15. The van der Waals surface area contributed by atoms with Gasteiger partial charge in [-0.2, -0.15) is 0 Å². The Labute approximate surface area is 133 Å². The fourth-order valence-electron chi connectivity index (χ4n) is 1.91. The van der Waals surface area contributed by atoms with Crippen molar-refractivity contribution in [1.29, 1.82) is 0 Å². The summed E-state index contributed by atoms with van der Waals surface area (Å²) >= 11 is 0. The predicted molar refractivity (Wildman–Crippen MR) is 89.7 cm³/mol. The molecule has 0 atom stereocenters. The number of benzene rings is 1. The van der Waals surface area contributed by atoms with E-state index in [1.165, 1.54) is 0 Å². The van der Waals surface area contributed by atoms with Gasteiger partial charge in [0.25, 0.3) is 0 Å². The van der Waals surface area contributed by atoms with Gasteiger partial charge in [0.1, 0.15) is 11.4 Å². The lowest BCUT2D eigenvalue weighted by molar-refractivity contribution is 0.0528. The first kappa shape index (κ1) is 18.1. The normalized spacial score (nSPS) is 11.0. The van der Waals surface area contributed by atoms with E-state index in [-0.39, 0.29) is 6.09 Å². The molecule has 0 bridgehead atoms. The number of carbonyl (C=O) groups is 1. The Hall–Kier alpha value is -1.91. The highest BCUT2D eigenvalue weighted by atomic mass is 16.6. The van der Waals surface area contributed by atoms with Gasteiger partial charge in [0.05, 0.1) is 6.61 Å². The molecule has 5 nitrogen and oxygen atoms in total. The van der Waals surface area contributed by atoms with Crippen LogP contribution in [-0.2, 0) is 4.74 Å². The highest BCUT2D eigenvalue weighted by Crippen LogP contribution is 2.21. The number of nitrogens with one attached hydrogen (secondary N) is 2. The quantitative estimate of drug-likeness (QED) is 0.754. The molecule has 22 heavy (non-hydrogen) atoms. The van der Waals surface area contributed by atoms with Gasteiger partial charge in [-0.15, -0.1) is 0 Å². The van der Waals surface area contributed by atoms with Gasteiger partial charge >= 0.3 is 6.09 Å².